The first kappa shape index (κ1) is 15.9. The van der Waals surface area contributed by atoms with Crippen molar-refractivity contribution >= 4 is 21.8 Å². The van der Waals surface area contributed by atoms with Gasteiger partial charge in [0.05, 0.1) is 4.47 Å². The van der Waals surface area contributed by atoms with Crippen molar-refractivity contribution in [2.24, 2.45) is 0 Å². The van der Waals surface area contributed by atoms with E-state index in [0.717, 1.165) is 13.0 Å². The molecule has 0 saturated heterocycles. The van der Waals surface area contributed by atoms with Gasteiger partial charge in [-0.15, -0.1) is 0 Å². The summed E-state index contributed by atoms with van der Waals surface area (Å²) in [6, 6.07) is 4.08. The van der Waals surface area contributed by atoms with Crippen LogP contribution in [0.3, 0.4) is 0 Å². The van der Waals surface area contributed by atoms with Crippen molar-refractivity contribution in [1.82, 2.24) is 10.6 Å². The topological polar surface area (TPSA) is 50.4 Å². The molecule has 1 unspecified atom stereocenters. The van der Waals surface area contributed by atoms with Crippen LogP contribution in [-0.2, 0) is 4.79 Å². The van der Waals surface area contributed by atoms with Crippen molar-refractivity contribution in [3.05, 3.63) is 28.5 Å². The SMILES string of the molecule is CNCCCNC(=O)C(C)Oc1ccc(F)cc1Br. The summed E-state index contributed by atoms with van der Waals surface area (Å²) >= 11 is 3.19. The van der Waals surface area contributed by atoms with E-state index in [9.17, 15) is 9.18 Å². The van der Waals surface area contributed by atoms with E-state index >= 15 is 0 Å². The fourth-order valence-corrected chi connectivity index (χ4v) is 1.88. The van der Waals surface area contributed by atoms with Crippen LogP contribution in [0.1, 0.15) is 13.3 Å². The molecule has 0 bridgehead atoms. The number of carbonyl (C=O) groups excluding carboxylic acids is 1. The van der Waals surface area contributed by atoms with E-state index in [1.54, 1.807) is 6.92 Å². The lowest BCUT2D eigenvalue weighted by molar-refractivity contribution is -0.127. The zero-order valence-electron chi connectivity index (χ0n) is 11.0. The number of hydrogen-bond acceptors (Lipinski definition) is 3. The van der Waals surface area contributed by atoms with Crippen LogP contribution in [0.25, 0.3) is 0 Å². The fraction of sp³-hybridized carbons (Fsp3) is 0.462. The molecule has 0 aliphatic rings. The maximum atomic E-state index is 12.9. The molecule has 4 nitrogen and oxygen atoms in total. The zero-order valence-corrected chi connectivity index (χ0v) is 12.6. The molecule has 0 heterocycles. The van der Waals surface area contributed by atoms with E-state index in [1.807, 2.05) is 7.05 Å². The monoisotopic (exact) mass is 332 g/mol. The molecule has 0 radical (unpaired) electrons. The molecule has 0 aliphatic carbocycles. The van der Waals surface area contributed by atoms with Crippen molar-refractivity contribution in [3.63, 3.8) is 0 Å². The normalized spacial score (nSPS) is 12.0. The van der Waals surface area contributed by atoms with Crippen LogP contribution in [0.2, 0.25) is 0 Å². The molecule has 1 amide bonds. The fourth-order valence-electron chi connectivity index (χ4n) is 1.44. The Kier molecular flexibility index (Phi) is 6.80. The minimum atomic E-state index is -0.628. The smallest absolute Gasteiger partial charge is 0.260 e. The Labute approximate surface area is 120 Å². The predicted molar refractivity (Wildman–Crippen MR) is 75.7 cm³/mol. The number of nitrogens with one attached hydrogen (secondary N) is 2. The highest BCUT2D eigenvalue weighted by Gasteiger charge is 2.15. The van der Waals surface area contributed by atoms with Crippen LogP contribution in [-0.4, -0.2) is 32.1 Å². The summed E-state index contributed by atoms with van der Waals surface area (Å²) < 4.78 is 18.9. The van der Waals surface area contributed by atoms with E-state index in [2.05, 4.69) is 26.6 Å². The Balaban J connectivity index is 2.45. The second-order valence-electron chi connectivity index (χ2n) is 4.08. The third-order valence-corrected chi connectivity index (χ3v) is 3.09. The highest BCUT2D eigenvalue weighted by Crippen LogP contribution is 2.26. The third kappa shape index (κ3) is 5.57. The van der Waals surface area contributed by atoms with Crippen LogP contribution >= 0.6 is 15.9 Å². The van der Waals surface area contributed by atoms with Crippen molar-refractivity contribution in [2.75, 3.05) is 20.1 Å². The Hall–Kier alpha value is -1.14. The first-order chi connectivity index (χ1) is 9.04. The van der Waals surface area contributed by atoms with Gasteiger partial charge in [-0.3, -0.25) is 4.79 Å². The molecule has 0 saturated carbocycles. The maximum Gasteiger partial charge on any atom is 0.260 e. The maximum absolute atomic E-state index is 12.9. The molecular weight excluding hydrogens is 315 g/mol. The summed E-state index contributed by atoms with van der Waals surface area (Å²) in [6.07, 6.45) is 0.228. The van der Waals surface area contributed by atoms with E-state index in [1.165, 1.54) is 18.2 Å². The van der Waals surface area contributed by atoms with Gasteiger partial charge >= 0.3 is 0 Å². The molecule has 106 valence electrons. The number of amides is 1. The van der Waals surface area contributed by atoms with Crippen molar-refractivity contribution in [2.45, 2.75) is 19.4 Å². The van der Waals surface area contributed by atoms with Crippen molar-refractivity contribution in [3.8, 4) is 5.75 Å². The number of rotatable bonds is 7. The minimum absolute atomic E-state index is 0.188. The Morgan fingerprint density at radius 1 is 1.47 bits per heavy atom. The first-order valence-electron chi connectivity index (χ1n) is 6.08. The van der Waals surface area contributed by atoms with Gasteiger partial charge in [0.2, 0.25) is 0 Å². The molecule has 0 fully saturated rings. The largest absolute Gasteiger partial charge is 0.480 e. The van der Waals surface area contributed by atoms with Crippen LogP contribution in [0.4, 0.5) is 4.39 Å². The summed E-state index contributed by atoms with van der Waals surface area (Å²) in [5, 5.41) is 5.77. The van der Waals surface area contributed by atoms with E-state index in [0.29, 0.717) is 16.8 Å². The van der Waals surface area contributed by atoms with Gasteiger partial charge in [0, 0.05) is 6.54 Å². The van der Waals surface area contributed by atoms with Crippen LogP contribution in [0, 0.1) is 5.82 Å². The van der Waals surface area contributed by atoms with Crippen LogP contribution < -0.4 is 15.4 Å². The highest BCUT2D eigenvalue weighted by atomic mass is 79.9. The number of ether oxygens (including phenoxy) is 1. The Morgan fingerprint density at radius 3 is 2.84 bits per heavy atom. The third-order valence-electron chi connectivity index (χ3n) is 2.47. The molecule has 1 aromatic rings. The summed E-state index contributed by atoms with van der Waals surface area (Å²) in [5.74, 6) is -0.102. The van der Waals surface area contributed by atoms with Gasteiger partial charge in [-0.1, -0.05) is 0 Å². The molecular formula is C13H18BrFN2O2. The highest BCUT2D eigenvalue weighted by molar-refractivity contribution is 9.10. The number of benzene rings is 1. The van der Waals surface area contributed by atoms with Gasteiger partial charge in [0.1, 0.15) is 11.6 Å². The molecule has 0 spiro atoms. The summed E-state index contributed by atoms with van der Waals surface area (Å²) in [6.45, 7) is 3.10. The lowest BCUT2D eigenvalue weighted by Gasteiger charge is -2.15. The standard InChI is InChI=1S/C13H18BrFN2O2/c1-9(13(18)17-7-3-6-16-2)19-12-5-4-10(15)8-11(12)14/h4-5,8-9,16H,3,6-7H2,1-2H3,(H,17,18). The molecule has 1 atom stereocenters. The molecule has 1 rings (SSSR count). The predicted octanol–water partition coefficient (Wildman–Crippen LogP) is 2.08. The second-order valence-corrected chi connectivity index (χ2v) is 4.94. The molecule has 19 heavy (non-hydrogen) atoms. The number of hydrogen-bond donors (Lipinski definition) is 2. The van der Waals surface area contributed by atoms with Crippen molar-refractivity contribution in [1.29, 1.82) is 0 Å². The lowest BCUT2D eigenvalue weighted by Crippen LogP contribution is -2.37. The van der Waals surface area contributed by atoms with Gasteiger partial charge in [-0.05, 0) is 61.1 Å². The first-order valence-corrected chi connectivity index (χ1v) is 6.88. The molecule has 1 aromatic carbocycles. The van der Waals surface area contributed by atoms with Crippen molar-refractivity contribution < 1.29 is 13.9 Å². The molecule has 0 aromatic heterocycles. The van der Waals surface area contributed by atoms with Crippen LogP contribution in [0.5, 0.6) is 5.75 Å². The van der Waals surface area contributed by atoms with Gasteiger partial charge in [-0.25, -0.2) is 4.39 Å². The van der Waals surface area contributed by atoms with Gasteiger partial charge < -0.3 is 15.4 Å². The summed E-state index contributed by atoms with van der Waals surface area (Å²) in [4.78, 5) is 11.7. The molecule has 2 N–H and O–H groups in total. The van der Waals surface area contributed by atoms with E-state index in [-0.39, 0.29) is 11.7 Å². The summed E-state index contributed by atoms with van der Waals surface area (Å²) in [7, 11) is 1.86. The van der Waals surface area contributed by atoms with E-state index < -0.39 is 6.10 Å². The Morgan fingerprint density at radius 2 is 2.21 bits per heavy atom. The zero-order chi connectivity index (χ0) is 14.3. The average molecular weight is 333 g/mol. The quantitative estimate of drug-likeness (QED) is 0.751. The van der Waals surface area contributed by atoms with E-state index in [4.69, 9.17) is 4.74 Å². The minimum Gasteiger partial charge on any atom is -0.480 e. The van der Waals surface area contributed by atoms with Gasteiger partial charge in [-0.2, -0.15) is 0 Å². The number of carbonyl (C=O) groups is 1. The molecule has 0 aliphatic heterocycles. The molecule has 6 heteroatoms. The summed E-state index contributed by atoms with van der Waals surface area (Å²) in [5.41, 5.74) is 0. The average Bonchev–Trinajstić information content (AvgIpc) is 2.37. The van der Waals surface area contributed by atoms with Crippen LogP contribution in [0.15, 0.2) is 22.7 Å². The second kappa shape index (κ2) is 8.12. The lowest BCUT2D eigenvalue weighted by atomic mass is 10.3. The Bertz CT molecular complexity index is 429. The van der Waals surface area contributed by atoms with Gasteiger partial charge in [0.15, 0.2) is 6.10 Å². The number of halogens is 2. The van der Waals surface area contributed by atoms with Gasteiger partial charge in [0.25, 0.3) is 5.91 Å².